The highest BCUT2D eigenvalue weighted by atomic mass is 32.1. The molecule has 12 heteroatoms. The number of hydrogen-bond acceptors (Lipinski definition) is 8. The lowest BCUT2D eigenvalue weighted by Crippen LogP contribution is -2.57. The number of aliphatic hydroxyl groups is 1. The third-order valence-corrected chi connectivity index (χ3v) is 7.73. The molecule has 0 aliphatic carbocycles. The molecule has 0 unspecified atom stereocenters. The Labute approximate surface area is 231 Å². The summed E-state index contributed by atoms with van der Waals surface area (Å²) in [5.41, 5.74) is 4.16. The summed E-state index contributed by atoms with van der Waals surface area (Å²) in [4.78, 5) is 46.3. The molecule has 1 fully saturated rings. The fraction of sp³-hybridized carbons (Fsp3) is 0.481. The van der Waals surface area contributed by atoms with Crippen molar-refractivity contribution in [1.82, 2.24) is 35.5 Å². The first-order valence-electron chi connectivity index (χ1n) is 12.9. The van der Waals surface area contributed by atoms with E-state index < -0.39 is 29.5 Å². The van der Waals surface area contributed by atoms with Gasteiger partial charge < -0.3 is 20.6 Å². The van der Waals surface area contributed by atoms with E-state index in [2.05, 4.69) is 25.9 Å². The molecule has 1 saturated heterocycles. The number of carbonyl (C=O) groups excluding carboxylic acids is 3. The average Bonchev–Trinajstić information content (AvgIpc) is 3.65. The monoisotopic (exact) mass is 553 g/mol. The van der Waals surface area contributed by atoms with E-state index in [1.165, 1.54) is 11.1 Å². The molecule has 3 aromatic rings. The van der Waals surface area contributed by atoms with Crippen LogP contribution in [0.1, 0.15) is 44.9 Å². The summed E-state index contributed by atoms with van der Waals surface area (Å²) in [7, 11) is 0. The zero-order valence-electron chi connectivity index (χ0n) is 22.6. The second kappa shape index (κ2) is 12.0. The molecule has 208 valence electrons. The first-order chi connectivity index (χ1) is 18.5. The smallest absolute Gasteiger partial charge is 0.246 e. The molecule has 3 heterocycles. The number of aromatic nitrogens is 4. The number of benzene rings is 1. The zero-order valence-corrected chi connectivity index (χ0v) is 23.4. The molecule has 11 nitrogen and oxygen atoms in total. The molecule has 1 aliphatic heterocycles. The van der Waals surface area contributed by atoms with E-state index in [-0.39, 0.29) is 37.7 Å². The lowest BCUT2D eigenvalue weighted by atomic mass is 9.85. The second-order valence-electron chi connectivity index (χ2n) is 10.9. The van der Waals surface area contributed by atoms with Crippen LogP contribution >= 0.6 is 11.3 Å². The van der Waals surface area contributed by atoms with Crippen LogP contribution in [-0.4, -0.2) is 72.4 Å². The molecule has 3 N–H and O–H groups in total. The maximum absolute atomic E-state index is 13.7. The van der Waals surface area contributed by atoms with E-state index in [1.807, 2.05) is 57.5 Å². The summed E-state index contributed by atoms with van der Waals surface area (Å²) in [6.07, 6.45) is 2.62. The topological polar surface area (TPSA) is 142 Å². The molecule has 0 saturated carbocycles. The highest BCUT2D eigenvalue weighted by Crippen LogP contribution is 2.28. The van der Waals surface area contributed by atoms with Gasteiger partial charge in [-0.2, -0.15) is 0 Å². The van der Waals surface area contributed by atoms with Gasteiger partial charge in [0.05, 0.1) is 34.9 Å². The van der Waals surface area contributed by atoms with Crippen molar-refractivity contribution in [2.24, 2.45) is 5.41 Å². The Morgan fingerprint density at radius 2 is 1.95 bits per heavy atom. The molecule has 0 bridgehead atoms. The number of aryl methyl sites for hydroxylation is 2. The molecule has 4 rings (SSSR count). The summed E-state index contributed by atoms with van der Waals surface area (Å²) >= 11 is 1.58. The molecule has 1 aliphatic rings. The van der Waals surface area contributed by atoms with E-state index in [9.17, 15) is 19.5 Å². The van der Waals surface area contributed by atoms with Crippen LogP contribution < -0.4 is 10.6 Å². The maximum atomic E-state index is 13.7. The van der Waals surface area contributed by atoms with Gasteiger partial charge in [-0.3, -0.25) is 19.1 Å². The van der Waals surface area contributed by atoms with Crippen LogP contribution in [0.15, 0.2) is 42.2 Å². The standard InChI is InChI=1S/C27H35N7O4S/c1-17-23(39-16-29-17)19-7-5-18(6-8-19)14-28-25(37)21-13-20(35)15-34(21)26(38)24(27(2,3)4)31-22(36)9-11-33-12-10-30-32-33/h5-8,10,12,16,20-21,24,35H,9,11,13-15H2,1-4H3,(H,28,37)(H,31,36)/t20-,21+,24-/m1/s1. The number of nitrogens with zero attached hydrogens (tertiary/aromatic N) is 5. The third kappa shape index (κ3) is 7.07. The number of nitrogens with one attached hydrogen (secondary N) is 2. The van der Waals surface area contributed by atoms with Crippen LogP contribution in [0, 0.1) is 12.3 Å². The van der Waals surface area contributed by atoms with Gasteiger partial charge in [-0.1, -0.05) is 50.3 Å². The number of aliphatic hydroxyl groups excluding tert-OH is 1. The summed E-state index contributed by atoms with van der Waals surface area (Å²) in [5.74, 6) is -1.04. The quantitative estimate of drug-likeness (QED) is 0.367. The number of amides is 3. The van der Waals surface area contributed by atoms with Crippen LogP contribution in [0.25, 0.3) is 10.4 Å². The van der Waals surface area contributed by atoms with E-state index in [1.54, 1.807) is 22.2 Å². The molecule has 1 aromatic carbocycles. The lowest BCUT2D eigenvalue weighted by molar-refractivity contribution is -0.144. The molecular formula is C27H35N7O4S. The van der Waals surface area contributed by atoms with Gasteiger partial charge in [0.25, 0.3) is 0 Å². The molecule has 3 atom stereocenters. The molecule has 39 heavy (non-hydrogen) atoms. The van der Waals surface area contributed by atoms with E-state index in [0.29, 0.717) is 6.54 Å². The molecule has 3 amide bonds. The minimum absolute atomic E-state index is 0.0290. The predicted octanol–water partition coefficient (Wildman–Crippen LogP) is 1.91. The fourth-order valence-electron chi connectivity index (χ4n) is 4.58. The van der Waals surface area contributed by atoms with Gasteiger partial charge in [-0.25, -0.2) is 4.98 Å². The van der Waals surface area contributed by atoms with Crippen molar-refractivity contribution in [3.05, 3.63) is 53.4 Å². The van der Waals surface area contributed by atoms with Crippen molar-refractivity contribution in [3.63, 3.8) is 0 Å². The second-order valence-corrected chi connectivity index (χ2v) is 11.7. The Hall–Kier alpha value is -3.64. The van der Waals surface area contributed by atoms with Crippen LogP contribution in [0.2, 0.25) is 0 Å². The van der Waals surface area contributed by atoms with Crippen molar-refractivity contribution in [3.8, 4) is 10.4 Å². The minimum Gasteiger partial charge on any atom is -0.391 e. The van der Waals surface area contributed by atoms with E-state index in [0.717, 1.165) is 21.7 Å². The average molecular weight is 554 g/mol. The largest absolute Gasteiger partial charge is 0.391 e. The van der Waals surface area contributed by atoms with Gasteiger partial charge in [0.1, 0.15) is 12.1 Å². The van der Waals surface area contributed by atoms with Crippen LogP contribution in [0.5, 0.6) is 0 Å². The number of likely N-dealkylation sites (tertiary alicyclic amines) is 1. The van der Waals surface area contributed by atoms with E-state index in [4.69, 9.17) is 0 Å². The predicted molar refractivity (Wildman–Crippen MR) is 146 cm³/mol. The summed E-state index contributed by atoms with van der Waals surface area (Å²) in [5, 5.41) is 23.7. The minimum atomic E-state index is -0.871. The van der Waals surface area contributed by atoms with Gasteiger partial charge in [-0.15, -0.1) is 16.4 Å². The number of rotatable bonds is 9. The maximum Gasteiger partial charge on any atom is 0.246 e. The molecule has 0 spiro atoms. The van der Waals surface area contributed by atoms with Crippen LogP contribution in [0.4, 0.5) is 0 Å². The summed E-state index contributed by atoms with van der Waals surface area (Å²) in [6, 6.07) is 6.19. The normalized spacial score (nSPS) is 18.1. The van der Waals surface area contributed by atoms with Crippen molar-refractivity contribution in [2.75, 3.05) is 6.54 Å². The van der Waals surface area contributed by atoms with Crippen molar-refractivity contribution in [1.29, 1.82) is 0 Å². The van der Waals surface area contributed by atoms with E-state index >= 15 is 0 Å². The Kier molecular flexibility index (Phi) is 8.76. The number of hydrogen-bond donors (Lipinski definition) is 3. The van der Waals surface area contributed by atoms with Gasteiger partial charge in [0.2, 0.25) is 17.7 Å². The first kappa shape index (κ1) is 28.4. The van der Waals surface area contributed by atoms with Gasteiger partial charge in [-0.05, 0) is 23.5 Å². The SMILES string of the molecule is Cc1ncsc1-c1ccc(CNC(=O)[C@@H]2C[C@@H](O)CN2C(=O)[C@@H](NC(=O)CCn2ccnn2)C(C)(C)C)cc1. The third-order valence-electron chi connectivity index (χ3n) is 6.75. The molecule has 0 radical (unpaired) electrons. The van der Waals surface area contributed by atoms with Crippen LogP contribution in [0.3, 0.4) is 0 Å². The number of β-amino-alcohol motifs (C(OH)–C–C–N with tert-alkyl or cyclic N) is 1. The van der Waals surface area contributed by atoms with Gasteiger partial charge in [0, 0.05) is 32.1 Å². The van der Waals surface area contributed by atoms with Crippen molar-refractivity contribution >= 4 is 29.1 Å². The zero-order chi connectivity index (χ0) is 28.2. The Balaban J connectivity index is 1.38. The van der Waals surface area contributed by atoms with Gasteiger partial charge in [0.15, 0.2) is 0 Å². The van der Waals surface area contributed by atoms with Crippen molar-refractivity contribution in [2.45, 2.75) is 71.8 Å². The first-order valence-corrected chi connectivity index (χ1v) is 13.8. The Morgan fingerprint density at radius 1 is 1.21 bits per heavy atom. The fourth-order valence-corrected chi connectivity index (χ4v) is 5.39. The molecule has 2 aromatic heterocycles. The summed E-state index contributed by atoms with van der Waals surface area (Å²) < 4.78 is 1.54. The highest BCUT2D eigenvalue weighted by Gasteiger charge is 2.44. The Morgan fingerprint density at radius 3 is 2.56 bits per heavy atom. The number of carbonyl (C=O) groups is 3. The van der Waals surface area contributed by atoms with Crippen molar-refractivity contribution < 1.29 is 19.5 Å². The lowest BCUT2D eigenvalue weighted by Gasteiger charge is -2.35. The van der Waals surface area contributed by atoms with Gasteiger partial charge >= 0.3 is 0 Å². The highest BCUT2D eigenvalue weighted by molar-refractivity contribution is 7.13. The molecular weight excluding hydrogens is 518 g/mol. The summed E-state index contributed by atoms with van der Waals surface area (Å²) in [6.45, 7) is 8.18. The Bertz CT molecular complexity index is 1280. The number of thiazole rings is 1. The van der Waals surface area contributed by atoms with Crippen LogP contribution in [-0.2, 0) is 27.5 Å².